The van der Waals surface area contributed by atoms with Crippen LogP contribution < -0.4 is 5.32 Å². The first-order valence-corrected chi connectivity index (χ1v) is 12.9. The highest BCUT2D eigenvalue weighted by molar-refractivity contribution is 7.80. The Kier molecular flexibility index (Phi) is 7.36. The van der Waals surface area contributed by atoms with Gasteiger partial charge in [0.25, 0.3) is 0 Å². The Hall–Kier alpha value is -3.20. The van der Waals surface area contributed by atoms with Gasteiger partial charge in [-0.15, -0.1) is 0 Å². The van der Waals surface area contributed by atoms with Crippen LogP contribution >= 0.6 is 23.8 Å². The molecule has 0 amide bonds. The van der Waals surface area contributed by atoms with Gasteiger partial charge < -0.3 is 10.2 Å². The van der Waals surface area contributed by atoms with Crippen LogP contribution in [0.1, 0.15) is 22.5 Å². The number of aromatic nitrogens is 4. The molecule has 9 heteroatoms. The molecule has 5 rings (SSSR count). The molecule has 36 heavy (non-hydrogen) atoms. The number of nitrogens with one attached hydrogen (secondary N) is 1. The first kappa shape index (κ1) is 24.5. The van der Waals surface area contributed by atoms with Gasteiger partial charge in [-0.1, -0.05) is 41.9 Å². The first-order valence-electron chi connectivity index (χ1n) is 12.1. The lowest BCUT2D eigenvalue weighted by molar-refractivity contribution is 0.176. The molecule has 1 N–H and O–H groups in total. The number of rotatable bonds is 6. The van der Waals surface area contributed by atoms with Gasteiger partial charge in [-0.2, -0.15) is 10.2 Å². The molecular weight excluding hydrogens is 490 g/mol. The summed E-state index contributed by atoms with van der Waals surface area (Å²) in [6.45, 7) is 9.48. The van der Waals surface area contributed by atoms with E-state index in [1.807, 2.05) is 64.2 Å². The third-order valence-electron chi connectivity index (χ3n) is 6.60. The Labute approximate surface area is 222 Å². The van der Waals surface area contributed by atoms with Gasteiger partial charge in [0.15, 0.2) is 5.11 Å². The van der Waals surface area contributed by atoms with E-state index >= 15 is 0 Å². The van der Waals surface area contributed by atoms with Crippen LogP contribution in [0.5, 0.6) is 0 Å². The second-order valence-electron chi connectivity index (χ2n) is 9.15. The van der Waals surface area contributed by atoms with Crippen molar-refractivity contribution in [1.82, 2.24) is 29.4 Å². The molecule has 7 nitrogen and oxygen atoms in total. The fourth-order valence-electron chi connectivity index (χ4n) is 4.60. The van der Waals surface area contributed by atoms with Crippen LogP contribution in [-0.4, -0.2) is 60.7 Å². The number of benzene rings is 2. The molecule has 3 heterocycles. The Morgan fingerprint density at radius 1 is 1.00 bits per heavy atom. The molecule has 0 spiro atoms. The molecule has 0 bridgehead atoms. The fraction of sp³-hybridized carbons (Fsp3) is 0.296. The van der Waals surface area contributed by atoms with E-state index in [0.29, 0.717) is 6.54 Å². The van der Waals surface area contributed by atoms with Gasteiger partial charge in [-0.05, 0) is 55.9 Å². The van der Waals surface area contributed by atoms with Crippen molar-refractivity contribution in [3.63, 3.8) is 0 Å². The molecule has 4 aromatic rings. The molecule has 0 aliphatic carbocycles. The number of aryl methyl sites for hydroxylation is 1. The number of halogens is 1. The Balaban J connectivity index is 1.14. The summed E-state index contributed by atoms with van der Waals surface area (Å²) >= 11 is 11.8. The first-order chi connectivity index (χ1) is 17.5. The second-order valence-corrected chi connectivity index (χ2v) is 9.97. The highest BCUT2D eigenvalue weighted by Gasteiger charge is 2.22. The van der Waals surface area contributed by atoms with Gasteiger partial charge in [0.1, 0.15) is 0 Å². The largest absolute Gasteiger partial charge is 0.346 e. The molecule has 0 saturated carbocycles. The zero-order valence-electron chi connectivity index (χ0n) is 20.6. The summed E-state index contributed by atoms with van der Waals surface area (Å²) in [7, 11) is 0. The number of thiocarbonyl (C=S) groups is 1. The normalized spacial score (nSPS) is 14.2. The predicted molar refractivity (Wildman–Crippen MR) is 149 cm³/mol. The maximum Gasteiger partial charge on any atom is 0.173 e. The van der Waals surface area contributed by atoms with Crippen LogP contribution in [-0.2, 0) is 13.1 Å². The van der Waals surface area contributed by atoms with Crippen LogP contribution in [0.15, 0.2) is 67.0 Å². The monoisotopic (exact) mass is 519 g/mol. The van der Waals surface area contributed by atoms with Crippen molar-refractivity contribution in [3.8, 4) is 5.69 Å². The van der Waals surface area contributed by atoms with E-state index in [1.165, 1.54) is 11.3 Å². The molecule has 1 fully saturated rings. The third-order valence-corrected chi connectivity index (χ3v) is 7.20. The van der Waals surface area contributed by atoms with Crippen molar-refractivity contribution in [2.24, 2.45) is 0 Å². The Morgan fingerprint density at radius 3 is 2.53 bits per heavy atom. The minimum Gasteiger partial charge on any atom is -0.346 e. The van der Waals surface area contributed by atoms with Gasteiger partial charge in [0.05, 0.1) is 29.8 Å². The quantitative estimate of drug-likeness (QED) is 0.366. The van der Waals surface area contributed by atoms with Crippen molar-refractivity contribution in [2.75, 3.05) is 31.5 Å². The summed E-state index contributed by atoms with van der Waals surface area (Å²) in [5.74, 6) is 0. The summed E-state index contributed by atoms with van der Waals surface area (Å²) in [6.07, 6.45) is 3.78. The van der Waals surface area contributed by atoms with E-state index < -0.39 is 0 Å². The minimum atomic E-state index is 0.660. The van der Waals surface area contributed by atoms with Gasteiger partial charge in [0, 0.05) is 55.2 Å². The average Bonchev–Trinajstić information content (AvgIpc) is 3.43. The maximum atomic E-state index is 6.10. The highest BCUT2D eigenvalue weighted by Crippen LogP contribution is 2.21. The summed E-state index contributed by atoms with van der Waals surface area (Å²) in [5, 5.41) is 14.1. The number of anilines is 1. The molecule has 0 unspecified atom stereocenters. The van der Waals surface area contributed by atoms with Crippen LogP contribution in [0.2, 0.25) is 5.02 Å². The van der Waals surface area contributed by atoms with Crippen molar-refractivity contribution in [3.05, 3.63) is 94.5 Å². The summed E-state index contributed by atoms with van der Waals surface area (Å²) in [6, 6.07) is 18.1. The Bertz CT molecular complexity index is 1340. The van der Waals surface area contributed by atoms with Crippen LogP contribution in [0.4, 0.5) is 5.69 Å². The molecule has 1 saturated heterocycles. The molecule has 2 aromatic carbocycles. The van der Waals surface area contributed by atoms with Crippen LogP contribution in [0.25, 0.3) is 5.69 Å². The van der Waals surface area contributed by atoms with Crippen molar-refractivity contribution in [1.29, 1.82) is 0 Å². The standard InChI is InChI=1S/C27H30ClN7S/c1-20-26(21(2)35(31-20)25-9-4-3-5-10-25)19-32-11-13-33(14-12-32)27(36)30-24-16-29-34(18-24)17-22-7-6-8-23(28)15-22/h3-10,15-16,18H,11-14,17,19H2,1-2H3,(H,30,36). The maximum absolute atomic E-state index is 6.10. The molecule has 2 aromatic heterocycles. The zero-order chi connectivity index (χ0) is 25.1. The Morgan fingerprint density at radius 2 is 1.78 bits per heavy atom. The van der Waals surface area contributed by atoms with E-state index in [-0.39, 0.29) is 0 Å². The van der Waals surface area contributed by atoms with Crippen molar-refractivity contribution in [2.45, 2.75) is 26.9 Å². The van der Waals surface area contributed by atoms with Crippen molar-refractivity contribution >= 4 is 34.6 Å². The molecule has 0 atom stereocenters. The van der Waals surface area contributed by atoms with Crippen LogP contribution in [0.3, 0.4) is 0 Å². The number of hydrogen-bond donors (Lipinski definition) is 1. The number of para-hydroxylation sites is 1. The lowest BCUT2D eigenvalue weighted by Gasteiger charge is -2.36. The van der Waals surface area contributed by atoms with E-state index in [1.54, 1.807) is 0 Å². The summed E-state index contributed by atoms with van der Waals surface area (Å²) in [4.78, 5) is 4.71. The SMILES string of the molecule is Cc1nn(-c2ccccc2)c(C)c1CN1CCN(C(=S)Nc2cnn(Cc3cccc(Cl)c3)c2)CC1. The minimum absolute atomic E-state index is 0.660. The second kappa shape index (κ2) is 10.8. The van der Waals surface area contributed by atoms with Crippen LogP contribution in [0, 0.1) is 13.8 Å². The smallest absolute Gasteiger partial charge is 0.173 e. The average molecular weight is 520 g/mol. The molecule has 1 aliphatic heterocycles. The topological polar surface area (TPSA) is 54.2 Å². The van der Waals surface area contributed by atoms with E-state index in [0.717, 1.165) is 65.5 Å². The van der Waals surface area contributed by atoms with Gasteiger partial charge in [-0.25, -0.2) is 4.68 Å². The van der Waals surface area contributed by atoms with Gasteiger partial charge >= 0.3 is 0 Å². The summed E-state index contributed by atoms with van der Waals surface area (Å²) in [5.41, 5.74) is 6.69. The number of hydrogen-bond acceptors (Lipinski definition) is 4. The van der Waals surface area contributed by atoms with Gasteiger partial charge in [-0.3, -0.25) is 9.58 Å². The lowest BCUT2D eigenvalue weighted by Crippen LogP contribution is -2.49. The predicted octanol–water partition coefficient (Wildman–Crippen LogP) is 4.90. The van der Waals surface area contributed by atoms with Gasteiger partial charge in [0.2, 0.25) is 0 Å². The van der Waals surface area contributed by atoms with E-state index in [2.05, 4.69) is 46.2 Å². The molecular formula is C27H30ClN7S. The van der Waals surface area contributed by atoms with E-state index in [9.17, 15) is 0 Å². The number of nitrogens with zero attached hydrogens (tertiary/aromatic N) is 6. The van der Waals surface area contributed by atoms with E-state index in [4.69, 9.17) is 28.9 Å². The lowest BCUT2D eigenvalue weighted by atomic mass is 10.1. The fourth-order valence-corrected chi connectivity index (χ4v) is 5.11. The third kappa shape index (κ3) is 5.61. The zero-order valence-corrected chi connectivity index (χ0v) is 22.1. The summed E-state index contributed by atoms with van der Waals surface area (Å²) < 4.78 is 3.93. The molecule has 186 valence electrons. The molecule has 0 radical (unpaired) electrons. The highest BCUT2D eigenvalue weighted by atomic mass is 35.5. The molecule has 1 aliphatic rings. The number of piperazine rings is 1. The van der Waals surface area contributed by atoms with Crippen molar-refractivity contribution < 1.29 is 0 Å².